The highest BCUT2D eigenvalue weighted by atomic mass is 28.3. The summed E-state index contributed by atoms with van der Waals surface area (Å²) in [5.41, 5.74) is 5.38. The minimum Gasteiger partial charge on any atom is -0.462 e. The second-order valence-electron chi connectivity index (χ2n) is 12.3. The number of hydrogen-bond donors (Lipinski definition) is 0. The summed E-state index contributed by atoms with van der Waals surface area (Å²) in [7, 11) is -1.30. The first-order chi connectivity index (χ1) is 14.4. The van der Waals surface area contributed by atoms with E-state index in [1.165, 1.54) is 24.0 Å². The second-order valence-corrected chi connectivity index (χ2v) is 17.3. The number of esters is 1. The molecule has 2 aliphatic carbocycles. The van der Waals surface area contributed by atoms with Crippen LogP contribution in [0.2, 0.25) is 19.6 Å². The molecule has 0 saturated heterocycles. The van der Waals surface area contributed by atoms with E-state index in [1.54, 1.807) is 0 Å². The van der Waals surface area contributed by atoms with E-state index in [0.717, 1.165) is 25.7 Å². The third-order valence-electron chi connectivity index (χ3n) is 7.87. The molecule has 2 nitrogen and oxygen atoms in total. The highest BCUT2D eigenvalue weighted by molar-refractivity contribution is 6.81. The Labute approximate surface area is 191 Å². The lowest BCUT2D eigenvalue weighted by Gasteiger charge is -2.44. The van der Waals surface area contributed by atoms with Gasteiger partial charge in [0.2, 0.25) is 0 Å². The predicted octanol–water partition coefficient (Wildman–Crippen LogP) is 7.70. The van der Waals surface area contributed by atoms with Crippen molar-refractivity contribution in [2.75, 3.05) is 0 Å². The minimum absolute atomic E-state index is 0.00744. The van der Waals surface area contributed by atoms with Crippen LogP contribution in [-0.2, 0) is 14.9 Å². The molecule has 1 aromatic rings. The molecule has 2 fully saturated rings. The Morgan fingerprint density at radius 1 is 1.19 bits per heavy atom. The van der Waals surface area contributed by atoms with Crippen LogP contribution in [0, 0.1) is 17.3 Å². The van der Waals surface area contributed by atoms with Crippen molar-refractivity contribution in [2.24, 2.45) is 17.3 Å². The van der Waals surface area contributed by atoms with Crippen LogP contribution in [0.4, 0.5) is 0 Å². The van der Waals surface area contributed by atoms with Crippen LogP contribution >= 0.6 is 0 Å². The van der Waals surface area contributed by atoms with Gasteiger partial charge in [-0.3, -0.25) is 4.79 Å². The van der Waals surface area contributed by atoms with E-state index in [2.05, 4.69) is 83.4 Å². The van der Waals surface area contributed by atoms with E-state index >= 15 is 0 Å². The molecule has 0 aliphatic heterocycles. The molecule has 3 heteroatoms. The maximum Gasteiger partial charge on any atom is 0.306 e. The molecular weight excluding hydrogens is 396 g/mol. The van der Waals surface area contributed by atoms with Gasteiger partial charge in [0.15, 0.2) is 0 Å². The number of rotatable bonds is 6. The first-order valence-corrected chi connectivity index (χ1v) is 16.0. The molecule has 0 radical (unpaired) electrons. The molecule has 0 heterocycles. The van der Waals surface area contributed by atoms with Crippen LogP contribution in [0.5, 0.6) is 0 Å². The molecule has 1 aromatic carbocycles. The van der Waals surface area contributed by atoms with Gasteiger partial charge in [-0.1, -0.05) is 95.4 Å². The first-order valence-electron chi connectivity index (χ1n) is 12.4. The second kappa shape index (κ2) is 9.25. The predicted molar refractivity (Wildman–Crippen MR) is 134 cm³/mol. The number of benzene rings is 1. The molecule has 0 aromatic heterocycles. The maximum absolute atomic E-state index is 13.3. The fourth-order valence-electron chi connectivity index (χ4n) is 6.00. The Balaban J connectivity index is 1.75. The lowest BCUT2D eigenvalue weighted by molar-refractivity contribution is -0.158. The van der Waals surface area contributed by atoms with Crippen molar-refractivity contribution >= 4 is 14.0 Å². The van der Waals surface area contributed by atoms with E-state index in [0.29, 0.717) is 18.3 Å². The molecule has 3 rings (SSSR count). The number of allylic oxidation sites excluding steroid dienone is 1. The van der Waals surface area contributed by atoms with Gasteiger partial charge in [-0.15, -0.1) is 0 Å². The number of ether oxygens (including phenoxy) is 1. The molecule has 4 atom stereocenters. The average molecular weight is 441 g/mol. The molecular formula is C28H44O2Si. The Hall–Kier alpha value is -1.35. The summed E-state index contributed by atoms with van der Waals surface area (Å²) in [5.74, 6) is 0.993. The quantitative estimate of drug-likeness (QED) is 0.335. The number of carbonyl (C=O) groups is 1. The van der Waals surface area contributed by atoms with Gasteiger partial charge in [-0.05, 0) is 54.4 Å². The van der Waals surface area contributed by atoms with Crippen molar-refractivity contribution in [3.05, 3.63) is 47.2 Å². The zero-order valence-electron chi connectivity index (χ0n) is 21.0. The fraction of sp³-hybridized carbons (Fsp3) is 0.679. The van der Waals surface area contributed by atoms with Crippen molar-refractivity contribution in [3.63, 3.8) is 0 Å². The van der Waals surface area contributed by atoms with E-state index in [9.17, 15) is 4.79 Å². The Morgan fingerprint density at radius 3 is 2.52 bits per heavy atom. The summed E-state index contributed by atoms with van der Waals surface area (Å²) >= 11 is 0. The molecule has 0 spiro atoms. The van der Waals surface area contributed by atoms with Gasteiger partial charge >= 0.3 is 5.97 Å². The topological polar surface area (TPSA) is 26.3 Å². The molecule has 2 aliphatic rings. The summed E-state index contributed by atoms with van der Waals surface area (Å²) in [6.07, 6.45) is 7.34. The monoisotopic (exact) mass is 440 g/mol. The zero-order chi connectivity index (χ0) is 22.9. The third kappa shape index (κ3) is 5.91. The van der Waals surface area contributed by atoms with Crippen LogP contribution in [0.25, 0.3) is 0 Å². The van der Waals surface area contributed by atoms with Crippen molar-refractivity contribution in [3.8, 4) is 0 Å². The lowest BCUT2D eigenvalue weighted by Crippen LogP contribution is -2.43. The average Bonchev–Trinajstić information content (AvgIpc) is 3.00. The molecule has 2 saturated carbocycles. The lowest BCUT2D eigenvalue weighted by atomic mass is 9.64. The third-order valence-corrected chi connectivity index (χ3v) is 9.09. The van der Waals surface area contributed by atoms with Crippen molar-refractivity contribution < 1.29 is 9.53 Å². The van der Waals surface area contributed by atoms with Crippen molar-refractivity contribution in [1.29, 1.82) is 0 Å². The van der Waals surface area contributed by atoms with Crippen LogP contribution in [-0.4, -0.2) is 20.1 Å². The standard InChI is InChI=1S/C28H44O2Si/c1-21-15-16-24(27(2,3)22-12-9-8-10-13-22)25(18-21)30-26(29)19-28(4)17-11-14-23(28)20-31(5,6)7/h8-10,12-13,20-21,24-25H,11,14-19H2,1-7H3/b23-20+/t21-,24-,25-,28-/m1/s1. The highest BCUT2D eigenvalue weighted by Crippen LogP contribution is 2.47. The largest absolute Gasteiger partial charge is 0.462 e. The van der Waals surface area contributed by atoms with E-state index in [1.807, 2.05) is 0 Å². The summed E-state index contributed by atoms with van der Waals surface area (Å²) < 4.78 is 6.33. The summed E-state index contributed by atoms with van der Waals surface area (Å²) in [6.45, 7) is 16.4. The summed E-state index contributed by atoms with van der Waals surface area (Å²) in [4.78, 5) is 13.3. The zero-order valence-corrected chi connectivity index (χ0v) is 22.0. The first kappa shape index (κ1) is 24.3. The number of carbonyl (C=O) groups excluding carboxylic acids is 1. The smallest absolute Gasteiger partial charge is 0.306 e. The molecule has 0 N–H and O–H groups in total. The van der Waals surface area contributed by atoms with Gasteiger partial charge in [-0.2, -0.15) is 0 Å². The van der Waals surface area contributed by atoms with Crippen molar-refractivity contribution in [1.82, 2.24) is 0 Å². The molecule has 0 amide bonds. The van der Waals surface area contributed by atoms with Crippen LogP contribution in [0.3, 0.4) is 0 Å². The van der Waals surface area contributed by atoms with Crippen LogP contribution in [0.15, 0.2) is 41.6 Å². The minimum atomic E-state index is -1.30. The van der Waals surface area contributed by atoms with Crippen molar-refractivity contribution in [2.45, 2.75) is 104 Å². The van der Waals surface area contributed by atoms with E-state index in [4.69, 9.17) is 4.74 Å². The number of hydrogen-bond acceptors (Lipinski definition) is 2. The Morgan fingerprint density at radius 2 is 1.87 bits per heavy atom. The van der Waals surface area contributed by atoms with Gasteiger partial charge in [-0.25, -0.2) is 0 Å². The SMILES string of the molecule is C[C@@H]1CC[C@@H](C(C)(C)c2ccccc2)[C@H](OC(=O)C[C@@]2(C)CCC/C2=C\[Si](C)(C)C)C1. The van der Waals surface area contributed by atoms with Gasteiger partial charge in [0.1, 0.15) is 6.10 Å². The maximum atomic E-state index is 13.3. The molecule has 172 valence electrons. The normalized spacial score (nSPS) is 31.1. The fourth-order valence-corrected chi connectivity index (χ4v) is 7.54. The van der Waals surface area contributed by atoms with Crippen LogP contribution in [0.1, 0.15) is 78.2 Å². The van der Waals surface area contributed by atoms with Crippen LogP contribution < -0.4 is 0 Å². The van der Waals surface area contributed by atoms with E-state index in [-0.39, 0.29) is 22.9 Å². The summed E-state index contributed by atoms with van der Waals surface area (Å²) in [5, 5.41) is 0. The Bertz CT molecular complexity index is 789. The van der Waals surface area contributed by atoms with Gasteiger partial charge in [0, 0.05) is 5.92 Å². The Kier molecular flexibility index (Phi) is 7.25. The molecule has 0 bridgehead atoms. The highest BCUT2D eigenvalue weighted by Gasteiger charge is 2.43. The molecule has 0 unspecified atom stereocenters. The summed E-state index contributed by atoms with van der Waals surface area (Å²) in [6, 6.07) is 10.8. The molecule has 31 heavy (non-hydrogen) atoms. The van der Waals surface area contributed by atoms with Gasteiger partial charge in [0.05, 0.1) is 14.5 Å². The van der Waals surface area contributed by atoms with Gasteiger partial charge < -0.3 is 4.74 Å². The van der Waals surface area contributed by atoms with Gasteiger partial charge in [0.25, 0.3) is 0 Å². The van der Waals surface area contributed by atoms with E-state index < -0.39 is 8.07 Å².